The fourth-order valence-electron chi connectivity index (χ4n) is 1.62. The van der Waals surface area contributed by atoms with Crippen LogP contribution in [-0.4, -0.2) is 28.3 Å². The van der Waals surface area contributed by atoms with Gasteiger partial charge in [-0.05, 0) is 53.7 Å². The molecular weight excluding hydrogens is 316 g/mol. The highest BCUT2D eigenvalue weighted by molar-refractivity contribution is 6.09. The van der Waals surface area contributed by atoms with Crippen molar-refractivity contribution in [2.24, 2.45) is 0 Å². The Balaban J connectivity index is 3.19. The summed E-state index contributed by atoms with van der Waals surface area (Å²) in [6.45, 7) is 9.96. The Morgan fingerprint density at radius 3 is 1.58 bits per heavy atom. The van der Waals surface area contributed by atoms with Crippen molar-refractivity contribution in [3.8, 4) is 0 Å². The Labute approximate surface area is 140 Å². The highest BCUT2D eigenvalue weighted by Crippen LogP contribution is 2.24. The number of amides is 2. The zero-order valence-electron chi connectivity index (χ0n) is 14.7. The smallest absolute Gasteiger partial charge is 0.424 e. The average Bonchev–Trinajstić information content (AvgIpc) is 2.34. The molecule has 0 aliphatic carbocycles. The normalized spacial score (nSPS) is 11.6. The lowest BCUT2D eigenvalue weighted by Crippen LogP contribution is -2.43. The standard InChI is InChI=1S/C16H22N2O6/c1-15(2,3)23-13(19)17(14(20)24-16(4,5)6)11-7-9-12(10-8-11)18(21)22/h7-10H,1-6H3. The molecule has 132 valence electrons. The molecule has 0 aliphatic rings. The fraction of sp³-hybridized carbons (Fsp3) is 0.500. The van der Waals surface area contributed by atoms with Crippen molar-refractivity contribution in [2.75, 3.05) is 4.90 Å². The molecule has 0 radical (unpaired) electrons. The topological polar surface area (TPSA) is 99.0 Å². The molecule has 0 heterocycles. The van der Waals surface area contributed by atoms with Crippen LogP contribution in [0.2, 0.25) is 0 Å². The van der Waals surface area contributed by atoms with Gasteiger partial charge in [0.15, 0.2) is 0 Å². The molecule has 0 spiro atoms. The van der Waals surface area contributed by atoms with Gasteiger partial charge in [0.25, 0.3) is 5.69 Å². The Morgan fingerprint density at radius 2 is 1.29 bits per heavy atom. The van der Waals surface area contributed by atoms with Gasteiger partial charge in [0.2, 0.25) is 0 Å². The number of carbonyl (C=O) groups excluding carboxylic acids is 2. The largest absolute Gasteiger partial charge is 0.443 e. The van der Waals surface area contributed by atoms with Crippen molar-refractivity contribution in [2.45, 2.75) is 52.7 Å². The minimum absolute atomic E-state index is 0.115. The molecule has 0 saturated carbocycles. The van der Waals surface area contributed by atoms with Crippen molar-refractivity contribution in [3.05, 3.63) is 34.4 Å². The van der Waals surface area contributed by atoms with Crippen molar-refractivity contribution in [3.63, 3.8) is 0 Å². The molecule has 1 aromatic rings. The quantitative estimate of drug-likeness (QED) is 0.590. The average molecular weight is 338 g/mol. The van der Waals surface area contributed by atoms with E-state index in [1.165, 1.54) is 24.3 Å². The van der Waals surface area contributed by atoms with Crippen LogP contribution in [0.3, 0.4) is 0 Å². The van der Waals surface area contributed by atoms with E-state index in [2.05, 4.69) is 0 Å². The highest BCUT2D eigenvalue weighted by Gasteiger charge is 2.32. The van der Waals surface area contributed by atoms with E-state index in [9.17, 15) is 19.7 Å². The molecule has 8 heteroatoms. The van der Waals surface area contributed by atoms with E-state index in [1.54, 1.807) is 41.5 Å². The van der Waals surface area contributed by atoms with E-state index in [0.29, 0.717) is 4.90 Å². The van der Waals surface area contributed by atoms with Gasteiger partial charge in [-0.1, -0.05) is 0 Å². The number of non-ortho nitro benzene ring substituents is 1. The summed E-state index contributed by atoms with van der Waals surface area (Å²) in [5.74, 6) is 0. The highest BCUT2D eigenvalue weighted by atomic mass is 16.6. The number of nitro groups is 1. The number of nitro benzene ring substituents is 1. The number of nitrogens with zero attached hydrogens (tertiary/aromatic N) is 2. The van der Waals surface area contributed by atoms with Crippen LogP contribution in [0.1, 0.15) is 41.5 Å². The van der Waals surface area contributed by atoms with Crippen molar-refractivity contribution >= 4 is 23.6 Å². The van der Waals surface area contributed by atoms with Gasteiger partial charge in [-0.25, -0.2) is 9.59 Å². The number of ether oxygens (including phenoxy) is 2. The first-order chi connectivity index (χ1) is 10.8. The van der Waals surface area contributed by atoms with Gasteiger partial charge in [-0.3, -0.25) is 10.1 Å². The van der Waals surface area contributed by atoms with Gasteiger partial charge in [-0.2, -0.15) is 4.90 Å². The van der Waals surface area contributed by atoms with E-state index in [-0.39, 0.29) is 11.4 Å². The van der Waals surface area contributed by atoms with Gasteiger partial charge < -0.3 is 9.47 Å². The Kier molecular flexibility index (Phi) is 5.54. The molecule has 0 fully saturated rings. The van der Waals surface area contributed by atoms with E-state index in [0.717, 1.165) is 0 Å². The second kappa shape index (κ2) is 6.86. The summed E-state index contributed by atoms with van der Waals surface area (Å²) in [7, 11) is 0. The number of carbonyl (C=O) groups is 2. The minimum Gasteiger partial charge on any atom is -0.443 e. The second-order valence-corrected chi connectivity index (χ2v) is 7.07. The molecule has 0 atom stereocenters. The molecule has 2 amide bonds. The molecule has 0 unspecified atom stereocenters. The zero-order chi connectivity index (χ0) is 18.7. The van der Waals surface area contributed by atoms with Gasteiger partial charge in [0.1, 0.15) is 11.2 Å². The predicted molar refractivity (Wildman–Crippen MR) is 88.0 cm³/mol. The monoisotopic (exact) mass is 338 g/mol. The van der Waals surface area contributed by atoms with Crippen molar-refractivity contribution < 1.29 is 24.0 Å². The Bertz CT molecular complexity index is 597. The third-order valence-electron chi connectivity index (χ3n) is 2.47. The van der Waals surface area contributed by atoms with Crippen molar-refractivity contribution in [1.82, 2.24) is 0 Å². The summed E-state index contributed by atoms with van der Waals surface area (Å²) in [4.78, 5) is 35.6. The SMILES string of the molecule is CC(C)(C)OC(=O)N(C(=O)OC(C)(C)C)c1ccc([N+](=O)[O-])cc1. The number of rotatable bonds is 2. The summed E-state index contributed by atoms with van der Waals surface area (Å²) in [5, 5.41) is 10.7. The molecule has 0 aliphatic heterocycles. The summed E-state index contributed by atoms with van der Waals surface area (Å²) in [5.41, 5.74) is -1.69. The summed E-state index contributed by atoms with van der Waals surface area (Å²) in [6.07, 6.45) is -1.85. The van der Waals surface area contributed by atoms with Crippen LogP contribution in [0.4, 0.5) is 21.0 Å². The number of anilines is 1. The molecule has 8 nitrogen and oxygen atoms in total. The molecule has 0 aromatic heterocycles. The van der Waals surface area contributed by atoms with E-state index in [1.807, 2.05) is 0 Å². The van der Waals surface area contributed by atoms with Crippen LogP contribution in [0.15, 0.2) is 24.3 Å². The summed E-state index contributed by atoms with van der Waals surface area (Å²) >= 11 is 0. The first kappa shape index (κ1) is 19.4. The molecule has 0 N–H and O–H groups in total. The predicted octanol–water partition coefficient (Wildman–Crippen LogP) is 4.27. The minimum atomic E-state index is -0.925. The van der Waals surface area contributed by atoms with Gasteiger partial charge in [0.05, 0.1) is 10.6 Å². The molecule has 0 saturated heterocycles. The van der Waals surface area contributed by atoms with Crippen molar-refractivity contribution in [1.29, 1.82) is 0 Å². The molecule has 1 aromatic carbocycles. The molecule has 0 bridgehead atoms. The maximum atomic E-state index is 12.4. The van der Waals surface area contributed by atoms with Crippen LogP contribution in [0, 0.1) is 10.1 Å². The first-order valence-electron chi connectivity index (χ1n) is 7.31. The van der Waals surface area contributed by atoms with Crippen LogP contribution in [0.25, 0.3) is 0 Å². The number of hydrogen-bond acceptors (Lipinski definition) is 6. The molecule has 1 rings (SSSR count). The van der Waals surface area contributed by atoms with Crippen LogP contribution >= 0.6 is 0 Å². The maximum Gasteiger partial charge on any atom is 0.424 e. The maximum absolute atomic E-state index is 12.4. The summed E-state index contributed by atoms with van der Waals surface area (Å²) < 4.78 is 10.4. The lowest BCUT2D eigenvalue weighted by molar-refractivity contribution is -0.384. The number of benzene rings is 1. The number of hydrogen-bond donors (Lipinski definition) is 0. The zero-order valence-corrected chi connectivity index (χ0v) is 14.7. The van der Waals surface area contributed by atoms with E-state index < -0.39 is 28.3 Å². The third-order valence-corrected chi connectivity index (χ3v) is 2.47. The lowest BCUT2D eigenvalue weighted by Gasteiger charge is -2.28. The van der Waals surface area contributed by atoms with Gasteiger partial charge >= 0.3 is 12.2 Å². The van der Waals surface area contributed by atoms with Crippen LogP contribution in [-0.2, 0) is 9.47 Å². The fourth-order valence-corrected chi connectivity index (χ4v) is 1.62. The molecule has 24 heavy (non-hydrogen) atoms. The van der Waals surface area contributed by atoms with Gasteiger partial charge in [-0.15, -0.1) is 0 Å². The van der Waals surface area contributed by atoms with E-state index in [4.69, 9.17) is 9.47 Å². The summed E-state index contributed by atoms with van der Waals surface area (Å²) in [6, 6.07) is 4.95. The van der Waals surface area contributed by atoms with Crippen LogP contribution in [0.5, 0.6) is 0 Å². The first-order valence-corrected chi connectivity index (χ1v) is 7.31. The molecular formula is C16H22N2O6. The Morgan fingerprint density at radius 1 is 0.917 bits per heavy atom. The van der Waals surface area contributed by atoms with Gasteiger partial charge in [0, 0.05) is 12.1 Å². The number of imide groups is 1. The lowest BCUT2D eigenvalue weighted by atomic mass is 10.2. The Hall–Kier alpha value is -2.64. The van der Waals surface area contributed by atoms with Crippen LogP contribution < -0.4 is 4.90 Å². The van der Waals surface area contributed by atoms with E-state index >= 15 is 0 Å². The third kappa shape index (κ3) is 5.86. The second-order valence-electron chi connectivity index (χ2n) is 7.07.